The number of aromatic nitrogens is 4. The average molecular weight is 481 g/mol. The number of aliphatic hydroxyl groups is 1. The summed E-state index contributed by atoms with van der Waals surface area (Å²) in [7, 11) is 1.90. The Bertz CT molecular complexity index is 1290. The largest absolute Gasteiger partial charge is 0.460 e. The van der Waals surface area contributed by atoms with E-state index >= 15 is 0 Å². The number of carbonyl (C=O) groups excluding carboxylic acids is 1. The normalized spacial score (nSPS) is 29.8. The van der Waals surface area contributed by atoms with Crippen molar-refractivity contribution in [3.05, 3.63) is 61.0 Å². The van der Waals surface area contributed by atoms with Crippen LogP contribution in [0, 0.1) is 17.8 Å². The summed E-state index contributed by atoms with van der Waals surface area (Å²) in [5.74, 6) is -6.76. The summed E-state index contributed by atoms with van der Waals surface area (Å²) in [4.78, 5) is 25.4. The Morgan fingerprint density at radius 3 is 2.69 bits per heavy atom. The molecule has 1 saturated heterocycles. The fourth-order valence-electron chi connectivity index (χ4n) is 5.39. The topological polar surface area (TPSA) is 90.1 Å². The van der Waals surface area contributed by atoms with Gasteiger partial charge in [0.1, 0.15) is 6.10 Å². The molecule has 5 rings (SSSR count). The van der Waals surface area contributed by atoms with Crippen LogP contribution < -0.4 is 0 Å². The minimum atomic E-state index is -3.21. The van der Waals surface area contributed by atoms with E-state index in [1.165, 1.54) is 6.92 Å². The van der Waals surface area contributed by atoms with Crippen molar-refractivity contribution in [1.29, 1.82) is 0 Å². The van der Waals surface area contributed by atoms with E-state index in [2.05, 4.69) is 15.0 Å². The lowest BCUT2D eigenvalue weighted by Gasteiger charge is -2.45. The summed E-state index contributed by atoms with van der Waals surface area (Å²) in [6.07, 6.45) is 8.58. The molecule has 1 aliphatic carbocycles. The molecule has 2 fully saturated rings. The highest BCUT2D eigenvalue weighted by atomic mass is 19.3. The molecule has 0 spiro atoms. The summed E-state index contributed by atoms with van der Waals surface area (Å²) in [5, 5.41) is 10.8. The van der Waals surface area contributed by atoms with Gasteiger partial charge in [0.25, 0.3) is 5.92 Å². The van der Waals surface area contributed by atoms with E-state index in [1.807, 2.05) is 29.8 Å². The maximum atomic E-state index is 14.8. The van der Waals surface area contributed by atoms with Crippen LogP contribution in [0.25, 0.3) is 28.6 Å². The smallest absolute Gasteiger partial charge is 0.339 e. The van der Waals surface area contributed by atoms with Crippen LogP contribution in [0.3, 0.4) is 0 Å². The lowest BCUT2D eigenvalue weighted by molar-refractivity contribution is -0.193. The second-order valence-corrected chi connectivity index (χ2v) is 9.48. The Morgan fingerprint density at radius 1 is 1.20 bits per heavy atom. The first kappa shape index (κ1) is 23.3. The second-order valence-electron chi connectivity index (χ2n) is 9.48. The van der Waals surface area contributed by atoms with Gasteiger partial charge in [0.05, 0.1) is 36.0 Å². The molecule has 1 aliphatic heterocycles. The standard InChI is InChI=1S/C26H26F2N4O3/c1-15-19(22-16(2)35-24(33)25(22,34)13-26(15,27)28)9-8-18-7-6-17(11-31-18)20-5-4-10-30-23(20)21-12-29-14-32(21)3/h4-12,14-16,19,22,34H,13H2,1-3H3/b9-8+/t15-,16+,19-,22-,25-/m0/s1. The highest BCUT2D eigenvalue weighted by Gasteiger charge is 2.67. The number of carbonyl (C=O) groups is 1. The van der Waals surface area contributed by atoms with E-state index < -0.39 is 47.8 Å². The summed E-state index contributed by atoms with van der Waals surface area (Å²) >= 11 is 0. The first-order chi connectivity index (χ1) is 16.6. The zero-order chi connectivity index (χ0) is 25.0. The average Bonchev–Trinajstić information content (AvgIpc) is 3.34. The Balaban J connectivity index is 1.44. The molecular formula is C26H26F2N4O3. The van der Waals surface area contributed by atoms with Gasteiger partial charge in [0, 0.05) is 42.4 Å². The number of nitrogens with zero attached hydrogens (tertiary/aromatic N) is 4. The number of fused-ring (bicyclic) bond motifs is 1. The SMILES string of the molecule is C[C@H]1OC(=O)[C@]2(O)CC(F)(F)[C@@H](C)[C@H](/C=C/c3ccc(-c4cccnc4-c4cncn4C)cn3)[C@H]12. The van der Waals surface area contributed by atoms with E-state index in [1.54, 1.807) is 50.1 Å². The third kappa shape index (κ3) is 3.83. The minimum Gasteiger partial charge on any atom is -0.460 e. The van der Waals surface area contributed by atoms with Crippen LogP contribution in [-0.4, -0.2) is 48.2 Å². The number of imidazole rings is 1. The molecule has 4 heterocycles. The highest BCUT2D eigenvalue weighted by Crippen LogP contribution is 2.54. The Labute approximate surface area is 201 Å². The summed E-state index contributed by atoms with van der Waals surface area (Å²) in [5.41, 5.74) is 1.76. The van der Waals surface area contributed by atoms with E-state index in [0.717, 1.165) is 22.5 Å². The number of ether oxygens (including phenoxy) is 1. The van der Waals surface area contributed by atoms with Gasteiger partial charge in [-0.3, -0.25) is 9.97 Å². The number of halogens is 2. The van der Waals surface area contributed by atoms with Gasteiger partial charge in [0.2, 0.25) is 0 Å². The third-order valence-corrected chi connectivity index (χ3v) is 7.32. The molecule has 35 heavy (non-hydrogen) atoms. The van der Waals surface area contributed by atoms with Crippen LogP contribution in [0.5, 0.6) is 0 Å². The molecule has 0 bridgehead atoms. The Morgan fingerprint density at radius 2 is 2.00 bits per heavy atom. The maximum absolute atomic E-state index is 14.8. The number of allylic oxidation sites excluding steroid dienone is 1. The molecule has 7 nitrogen and oxygen atoms in total. The maximum Gasteiger partial charge on any atom is 0.339 e. The molecule has 182 valence electrons. The molecule has 2 aliphatic rings. The van der Waals surface area contributed by atoms with Gasteiger partial charge < -0.3 is 14.4 Å². The van der Waals surface area contributed by atoms with E-state index in [-0.39, 0.29) is 0 Å². The zero-order valence-electron chi connectivity index (χ0n) is 19.6. The Kier molecular flexibility index (Phi) is 5.55. The molecule has 3 aromatic rings. The van der Waals surface area contributed by atoms with Gasteiger partial charge >= 0.3 is 5.97 Å². The predicted octanol–water partition coefficient (Wildman–Crippen LogP) is 4.14. The molecule has 0 amide bonds. The molecule has 9 heteroatoms. The van der Waals surface area contributed by atoms with Crippen LogP contribution >= 0.6 is 0 Å². The van der Waals surface area contributed by atoms with Gasteiger partial charge in [-0.05, 0) is 31.1 Å². The molecule has 1 N–H and O–H groups in total. The van der Waals surface area contributed by atoms with Gasteiger partial charge in [0.15, 0.2) is 5.60 Å². The minimum absolute atomic E-state index is 0.572. The number of rotatable bonds is 4. The van der Waals surface area contributed by atoms with Crippen molar-refractivity contribution in [2.24, 2.45) is 24.8 Å². The van der Waals surface area contributed by atoms with E-state index in [9.17, 15) is 18.7 Å². The van der Waals surface area contributed by atoms with Crippen molar-refractivity contribution >= 4 is 12.0 Å². The molecule has 0 radical (unpaired) electrons. The number of cyclic esters (lactones) is 1. The van der Waals surface area contributed by atoms with Crippen molar-refractivity contribution in [3.63, 3.8) is 0 Å². The van der Waals surface area contributed by atoms with Crippen molar-refractivity contribution in [2.45, 2.75) is 37.9 Å². The van der Waals surface area contributed by atoms with E-state index in [4.69, 9.17) is 4.74 Å². The van der Waals surface area contributed by atoms with Crippen LogP contribution in [0.15, 0.2) is 55.3 Å². The molecular weight excluding hydrogens is 454 g/mol. The monoisotopic (exact) mass is 480 g/mol. The van der Waals surface area contributed by atoms with Crippen molar-refractivity contribution in [1.82, 2.24) is 19.5 Å². The molecule has 5 atom stereocenters. The number of esters is 1. The number of alkyl halides is 2. The number of hydrogen-bond donors (Lipinski definition) is 1. The van der Waals surface area contributed by atoms with Crippen molar-refractivity contribution in [3.8, 4) is 22.5 Å². The molecule has 0 aromatic carbocycles. The summed E-state index contributed by atoms with van der Waals surface area (Å²) in [6, 6.07) is 7.49. The number of aryl methyl sites for hydroxylation is 1. The lowest BCUT2D eigenvalue weighted by Crippen LogP contribution is -2.57. The van der Waals surface area contributed by atoms with Crippen LogP contribution in [0.1, 0.15) is 26.0 Å². The van der Waals surface area contributed by atoms with Gasteiger partial charge in [-0.25, -0.2) is 18.6 Å². The first-order valence-electron chi connectivity index (χ1n) is 11.5. The Hall–Kier alpha value is -3.46. The van der Waals surface area contributed by atoms with Gasteiger partial charge in [-0.15, -0.1) is 0 Å². The lowest BCUT2D eigenvalue weighted by atomic mass is 9.62. The fourth-order valence-corrected chi connectivity index (χ4v) is 5.39. The molecule has 1 saturated carbocycles. The second kappa shape index (κ2) is 8.34. The van der Waals surface area contributed by atoms with Crippen LogP contribution in [-0.2, 0) is 16.6 Å². The fraction of sp³-hybridized carbons (Fsp3) is 0.385. The van der Waals surface area contributed by atoms with Crippen molar-refractivity contribution in [2.75, 3.05) is 0 Å². The van der Waals surface area contributed by atoms with Gasteiger partial charge in [-0.2, -0.15) is 0 Å². The molecule has 0 unspecified atom stereocenters. The zero-order valence-corrected chi connectivity index (χ0v) is 19.6. The third-order valence-electron chi connectivity index (χ3n) is 7.32. The molecule has 3 aromatic heterocycles. The summed E-state index contributed by atoms with van der Waals surface area (Å²) < 4.78 is 36.6. The first-order valence-corrected chi connectivity index (χ1v) is 11.5. The van der Waals surface area contributed by atoms with Crippen LogP contribution in [0.4, 0.5) is 8.78 Å². The number of hydrogen-bond acceptors (Lipinski definition) is 6. The van der Waals surface area contributed by atoms with Gasteiger partial charge in [-0.1, -0.05) is 25.1 Å². The number of pyridine rings is 2. The van der Waals surface area contributed by atoms with Crippen LogP contribution in [0.2, 0.25) is 0 Å². The quantitative estimate of drug-likeness (QED) is 0.565. The summed E-state index contributed by atoms with van der Waals surface area (Å²) in [6.45, 7) is 3.08. The van der Waals surface area contributed by atoms with Crippen molar-refractivity contribution < 1.29 is 23.4 Å². The predicted molar refractivity (Wildman–Crippen MR) is 125 cm³/mol. The van der Waals surface area contributed by atoms with E-state index in [0.29, 0.717) is 5.69 Å². The highest BCUT2D eigenvalue weighted by molar-refractivity contribution is 5.83.